The summed E-state index contributed by atoms with van der Waals surface area (Å²) in [5.74, 6) is 0.393. The smallest absolute Gasteiger partial charge is 0.237 e. The number of halogens is 1. The van der Waals surface area contributed by atoms with Gasteiger partial charge in [-0.1, -0.05) is 36.4 Å². The quantitative estimate of drug-likeness (QED) is 0.905. The number of hydrogen-bond donors (Lipinski definition) is 2. The number of rotatable bonds is 4. The normalized spacial score (nSPS) is 18.1. The number of carbonyl (C=O) groups excluding carboxylic acids is 1. The van der Waals surface area contributed by atoms with Crippen molar-refractivity contribution in [3.8, 4) is 0 Å². The topological polar surface area (TPSA) is 49.3 Å². The van der Waals surface area contributed by atoms with Gasteiger partial charge in [0, 0.05) is 6.54 Å². The number of benzene rings is 2. The molecule has 0 aliphatic carbocycles. The maximum Gasteiger partial charge on any atom is 0.237 e. The summed E-state index contributed by atoms with van der Waals surface area (Å²) in [6.45, 7) is 0.0709. The van der Waals surface area contributed by atoms with Crippen LogP contribution < -0.4 is 5.32 Å². The van der Waals surface area contributed by atoms with E-state index in [1.54, 1.807) is 23.9 Å². The van der Waals surface area contributed by atoms with Gasteiger partial charge >= 0.3 is 0 Å². The third kappa shape index (κ3) is 3.74. The van der Waals surface area contributed by atoms with E-state index in [1.807, 2.05) is 18.2 Å². The molecule has 2 aromatic rings. The van der Waals surface area contributed by atoms with Gasteiger partial charge in [0.15, 0.2) is 0 Å². The Hall–Kier alpha value is -1.85. The van der Waals surface area contributed by atoms with Crippen molar-refractivity contribution in [2.45, 2.75) is 17.8 Å². The molecule has 0 saturated carbocycles. The molecule has 23 heavy (non-hydrogen) atoms. The van der Waals surface area contributed by atoms with Gasteiger partial charge in [0.25, 0.3) is 0 Å². The second-order valence-electron chi connectivity index (χ2n) is 5.52. The molecule has 1 heterocycles. The molecular weight excluding hydrogens is 313 g/mol. The minimum atomic E-state index is -0.918. The summed E-state index contributed by atoms with van der Waals surface area (Å²) in [5.41, 5.74) is 2.71. The molecule has 1 aliphatic heterocycles. The van der Waals surface area contributed by atoms with Crippen LogP contribution in [-0.2, 0) is 11.2 Å². The average molecular weight is 331 g/mol. The van der Waals surface area contributed by atoms with E-state index in [4.69, 9.17) is 0 Å². The summed E-state index contributed by atoms with van der Waals surface area (Å²) in [6.07, 6.45) is 0.0507. The fraction of sp³-hybridized carbons (Fsp3) is 0.278. The third-order valence-corrected chi connectivity index (χ3v) is 5.18. The van der Waals surface area contributed by atoms with Crippen molar-refractivity contribution in [1.29, 1.82) is 0 Å². The summed E-state index contributed by atoms with van der Waals surface area (Å²) >= 11 is 1.61. The van der Waals surface area contributed by atoms with Crippen molar-refractivity contribution in [3.05, 3.63) is 71.0 Å². The molecule has 1 aliphatic rings. The molecule has 0 unspecified atom stereocenters. The summed E-state index contributed by atoms with van der Waals surface area (Å²) in [7, 11) is 0. The van der Waals surface area contributed by atoms with Crippen molar-refractivity contribution in [2.75, 3.05) is 12.3 Å². The number of thioether (sulfide) groups is 1. The number of aliphatic hydroxyl groups is 1. The van der Waals surface area contributed by atoms with Crippen LogP contribution in [0.3, 0.4) is 0 Å². The second kappa shape index (κ2) is 7.15. The zero-order valence-corrected chi connectivity index (χ0v) is 13.4. The Kier molecular flexibility index (Phi) is 4.98. The first-order valence-corrected chi connectivity index (χ1v) is 8.60. The number of nitrogens with one attached hydrogen (secondary N) is 1. The Balaban J connectivity index is 1.64. The molecule has 120 valence electrons. The van der Waals surface area contributed by atoms with Crippen LogP contribution >= 0.6 is 11.8 Å². The Morgan fingerprint density at radius 2 is 2.13 bits per heavy atom. The van der Waals surface area contributed by atoms with Crippen LogP contribution in [0.25, 0.3) is 0 Å². The molecule has 0 radical (unpaired) electrons. The van der Waals surface area contributed by atoms with Crippen molar-refractivity contribution >= 4 is 17.7 Å². The molecular formula is C18H18FNO2S. The lowest BCUT2D eigenvalue weighted by molar-refractivity contribution is -0.121. The van der Waals surface area contributed by atoms with E-state index in [0.29, 0.717) is 5.56 Å². The Morgan fingerprint density at radius 3 is 2.96 bits per heavy atom. The molecule has 3 rings (SSSR count). The fourth-order valence-electron chi connectivity index (χ4n) is 2.73. The molecule has 2 N–H and O–H groups in total. The number of carbonyl (C=O) groups is 1. The largest absolute Gasteiger partial charge is 0.387 e. The minimum Gasteiger partial charge on any atom is -0.387 e. The lowest BCUT2D eigenvalue weighted by Crippen LogP contribution is -2.33. The second-order valence-corrected chi connectivity index (χ2v) is 6.73. The first kappa shape index (κ1) is 16.0. The first-order valence-electron chi connectivity index (χ1n) is 7.56. The first-order chi connectivity index (χ1) is 11.1. The molecule has 3 nitrogen and oxygen atoms in total. The van der Waals surface area contributed by atoms with Crippen molar-refractivity contribution in [2.24, 2.45) is 0 Å². The van der Waals surface area contributed by atoms with Crippen LogP contribution in [-0.4, -0.2) is 23.3 Å². The van der Waals surface area contributed by atoms with Crippen LogP contribution in [0.5, 0.6) is 0 Å². The van der Waals surface area contributed by atoms with Crippen LogP contribution in [0.2, 0.25) is 0 Å². The third-order valence-electron chi connectivity index (χ3n) is 3.93. The van der Waals surface area contributed by atoms with E-state index >= 15 is 0 Å². The molecule has 0 bridgehead atoms. The number of fused-ring (bicyclic) bond motifs is 1. The summed E-state index contributed by atoms with van der Waals surface area (Å²) in [4.78, 5) is 12.4. The predicted octanol–water partition coefficient (Wildman–Crippen LogP) is 3.01. The molecule has 0 aromatic heterocycles. The van der Waals surface area contributed by atoms with Crippen LogP contribution in [0.1, 0.15) is 28.0 Å². The van der Waals surface area contributed by atoms with Crippen LogP contribution in [0.15, 0.2) is 48.5 Å². The highest BCUT2D eigenvalue weighted by molar-refractivity contribution is 8.00. The van der Waals surface area contributed by atoms with Gasteiger partial charge in [0.1, 0.15) is 11.1 Å². The zero-order valence-electron chi connectivity index (χ0n) is 12.5. The highest BCUT2D eigenvalue weighted by Gasteiger charge is 2.27. The van der Waals surface area contributed by atoms with E-state index in [9.17, 15) is 14.3 Å². The van der Waals surface area contributed by atoms with Gasteiger partial charge in [-0.05, 0) is 41.0 Å². The summed E-state index contributed by atoms with van der Waals surface area (Å²) < 4.78 is 13.2. The minimum absolute atomic E-state index is 0.0709. The Bertz CT molecular complexity index is 707. The van der Waals surface area contributed by atoms with Gasteiger partial charge in [-0.3, -0.25) is 4.79 Å². The van der Waals surface area contributed by atoms with E-state index in [1.165, 1.54) is 17.7 Å². The van der Waals surface area contributed by atoms with E-state index in [2.05, 4.69) is 11.4 Å². The molecule has 0 saturated heterocycles. The number of amides is 1. The van der Waals surface area contributed by atoms with E-state index in [0.717, 1.165) is 17.7 Å². The molecule has 0 fully saturated rings. The van der Waals surface area contributed by atoms with E-state index in [-0.39, 0.29) is 17.7 Å². The SMILES string of the molecule is O=C(NC[C@@H](O)c1cccc(F)c1)[C@@H]1SCCc2ccccc21. The fourth-order valence-corrected chi connectivity index (χ4v) is 3.95. The molecule has 2 aromatic carbocycles. The van der Waals surface area contributed by atoms with E-state index < -0.39 is 11.9 Å². The van der Waals surface area contributed by atoms with Gasteiger partial charge < -0.3 is 10.4 Å². The maximum atomic E-state index is 13.2. The summed E-state index contributed by atoms with van der Waals surface area (Å²) in [5, 5.41) is 12.6. The van der Waals surface area contributed by atoms with Crippen molar-refractivity contribution in [1.82, 2.24) is 5.32 Å². The van der Waals surface area contributed by atoms with Gasteiger partial charge in [-0.25, -0.2) is 4.39 Å². The number of aryl methyl sites for hydroxylation is 1. The van der Waals surface area contributed by atoms with Crippen molar-refractivity contribution in [3.63, 3.8) is 0 Å². The highest BCUT2D eigenvalue weighted by Crippen LogP contribution is 2.36. The van der Waals surface area contributed by atoms with Gasteiger partial charge in [0.05, 0.1) is 6.10 Å². The van der Waals surface area contributed by atoms with Gasteiger partial charge in [0.2, 0.25) is 5.91 Å². The van der Waals surface area contributed by atoms with Gasteiger partial charge in [-0.15, -0.1) is 11.8 Å². The lowest BCUT2D eigenvalue weighted by atomic mass is 10.0. The standard InChI is InChI=1S/C18H18FNO2S/c19-14-6-3-5-13(10-14)16(21)11-20-18(22)17-15-7-2-1-4-12(15)8-9-23-17/h1-7,10,16-17,21H,8-9,11H2,(H,20,22)/t16-,17-/m1/s1. The average Bonchev–Trinajstić information content (AvgIpc) is 2.59. The maximum absolute atomic E-state index is 13.2. The number of aliphatic hydroxyl groups excluding tert-OH is 1. The Labute approximate surface area is 138 Å². The molecule has 1 amide bonds. The van der Waals surface area contributed by atoms with Crippen LogP contribution in [0.4, 0.5) is 4.39 Å². The highest BCUT2D eigenvalue weighted by atomic mass is 32.2. The zero-order chi connectivity index (χ0) is 16.2. The van der Waals surface area contributed by atoms with Gasteiger partial charge in [-0.2, -0.15) is 0 Å². The lowest BCUT2D eigenvalue weighted by Gasteiger charge is -2.24. The van der Waals surface area contributed by atoms with Crippen LogP contribution in [0, 0.1) is 5.82 Å². The predicted molar refractivity (Wildman–Crippen MR) is 89.7 cm³/mol. The summed E-state index contributed by atoms with van der Waals surface area (Å²) in [6, 6.07) is 13.7. The monoisotopic (exact) mass is 331 g/mol. The molecule has 2 atom stereocenters. The number of hydrogen-bond acceptors (Lipinski definition) is 3. The van der Waals surface area contributed by atoms with Crippen molar-refractivity contribution < 1.29 is 14.3 Å². The molecule has 5 heteroatoms. The Morgan fingerprint density at radius 1 is 1.30 bits per heavy atom. The molecule has 0 spiro atoms.